The monoisotopic (exact) mass is 317 g/mol. The molecule has 1 fully saturated rings. The van der Waals surface area contributed by atoms with Crippen LogP contribution in [0.2, 0.25) is 0 Å². The molecule has 2 atom stereocenters. The fraction of sp³-hybridized carbons (Fsp3) is 0.556. The Balaban J connectivity index is 1.67. The number of aliphatic carboxylic acids is 1. The Kier molecular flexibility index (Phi) is 4.28. The molecule has 0 radical (unpaired) electrons. The molecule has 2 aliphatic rings. The first-order valence-corrected chi connectivity index (χ1v) is 8.26. The molecule has 1 aliphatic carbocycles. The van der Waals surface area contributed by atoms with Crippen molar-refractivity contribution in [3.8, 4) is 5.75 Å². The molecule has 0 bridgehead atoms. The highest BCUT2D eigenvalue weighted by Gasteiger charge is 2.42. The number of hydrogen-bond donors (Lipinski definition) is 2. The summed E-state index contributed by atoms with van der Waals surface area (Å²) < 4.78 is 5.47. The molecule has 5 heteroatoms. The second kappa shape index (κ2) is 6.22. The molecular formula is C18H23NO4. The number of carboxylic acid groups (broad SMARTS) is 1. The van der Waals surface area contributed by atoms with Crippen molar-refractivity contribution in [2.75, 3.05) is 6.61 Å². The number of ether oxygens (including phenoxy) is 1. The lowest BCUT2D eigenvalue weighted by atomic mass is 9.74. The third kappa shape index (κ3) is 3.33. The predicted octanol–water partition coefficient (Wildman–Crippen LogP) is 2.31. The third-order valence-electron chi connectivity index (χ3n) is 5.05. The van der Waals surface area contributed by atoms with Gasteiger partial charge in [0, 0.05) is 6.42 Å². The minimum Gasteiger partial charge on any atom is -0.493 e. The van der Waals surface area contributed by atoms with Crippen molar-refractivity contribution in [2.45, 2.75) is 51.0 Å². The molecule has 1 amide bonds. The van der Waals surface area contributed by atoms with Gasteiger partial charge in [0.1, 0.15) is 5.75 Å². The number of rotatable bonds is 4. The van der Waals surface area contributed by atoms with Gasteiger partial charge in [0.15, 0.2) is 0 Å². The number of hydrogen-bond acceptors (Lipinski definition) is 3. The van der Waals surface area contributed by atoms with E-state index in [2.05, 4.69) is 5.32 Å². The number of nitrogens with one attached hydrogen (secondary N) is 1. The molecule has 1 aromatic rings. The van der Waals surface area contributed by atoms with Gasteiger partial charge in [0.2, 0.25) is 5.91 Å². The Hall–Kier alpha value is -2.04. The average molecular weight is 317 g/mol. The first-order valence-electron chi connectivity index (χ1n) is 8.26. The van der Waals surface area contributed by atoms with E-state index in [9.17, 15) is 14.7 Å². The van der Waals surface area contributed by atoms with Crippen LogP contribution in [-0.4, -0.2) is 29.1 Å². The van der Waals surface area contributed by atoms with Gasteiger partial charge in [0.25, 0.3) is 0 Å². The van der Waals surface area contributed by atoms with Crippen LogP contribution in [0.3, 0.4) is 0 Å². The molecule has 0 saturated heterocycles. The summed E-state index contributed by atoms with van der Waals surface area (Å²) in [7, 11) is 0. The fourth-order valence-electron chi connectivity index (χ4n) is 3.78. The molecule has 0 aromatic heterocycles. The van der Waals surface area contributed by atoms with Gasteiger partial charge in [-0.15, -0.1) is 0 Å². The smallest absolute Gasteiger partial charge is 0.308 e. The molecule has 23 heavy (non-hydrogen) atoms. The zero-order chi connectivity index (χ0) is 16.4. The van der Waals surface area contributed by atoms with Crippen molar-refractivity contribution >= 4 is 11.9 Å². The van der Waals surface area contributed by atoms with E-state index in [1.807, 2.05) is 25.1 Å². The van der Waals surface area contributed by atoms with Gasteiger partial charge >= 0.3 is 5.97 Å². The maximum atomic E-state index is 12.4. The summed E-state index contributed by atoms with van der Waals surface area (Å²) in [6.45, 7) is 2.56. The van der Waals surface area contributed by atoms with E-state index >= 15 is 0 Å². The van der Waals surface area contributed by atoms with E-state index in [4.69, 9.17) is 4.74 Å². The Morgan fingerprint density at radius 2 is 2.22 bits per heavy atom. The number of benzene rings is 1. The van der Waals surface area contributed by atoms with E-state index in [1.54, 1.807) is 0 Å². The Bertz CT molecular complexity index is 627. The molecule has 0 spiro atoms. The highest BCUT2D eigenvalue weighted by Crippen LogP contribution is 2.34. The van der Waals surface area contributed by atoms with Gasteiger partial charge in [-0.3, -0.25) is 9.59 Å². The standard InChI is InChI=1S/C18H23NO4/c1-18(8-3-2-4-14(18)17(21)22)19-16(20)11-12-5-6-15-13(10-12)7-9-23-15/h5-6,10,14H,2-4,7-9,11H2,1H3,(H,19,20)(H,21,22). The summed E-state index contributed by atoms with van der Waals surface area (Å²) in [5.41, 5.74) is 1.43. The van der Waals surface area contributed by atoms with Crippen LogP contribution >= 0.6 is 0 Å². The van der Waals surface area contributed by atoms with Crippen molar-refractivity contribution in [3.63, 3.8) is 0 Å². The Labute approximate surface area is 136 Å². The summed E-state index contributed by atoms with van der Waals surface area (Å²) in [6.07, 6.45) is 4.36. The van der Waals surface area contributed by atoms with Gasteiger partial charge in [-0.2, -0.15) is 0 Å². The fourth-order valence-corrected chi connectivity index (χ4v) is 3.78. The van der Waals surface area contributed by atoms with Gasteiger partial charge < -0.3 is 15.2 Å². The quantitative estimate of drug-likeness (QED) is 0.893. The molecule has 3 rings (SSSR count). The topological polar surface area (TPSA) is 75.6 Å². The Morgan fingerprint density at radius 3 is 3.00 bits per heavy atom. The van der Waals surface area contributed by atoms with Crippen LogP contribution in [0, 0.1) is 5.92 Å². The Morgan fingerprint density at radius 1 is 1.39 bits per heavy atom. The zero-order valence-corrected chi connectivity index (χ0v) is 13.4. The molecule has 1 heterocycles. The highest BCUT2D eigenvalue weighted by molar-refractivity contribution is 5.81. The third-order valence-corrected chi connectivity index (χ3v) is 5.05. The molecule has 1 aliphatic heterocycles. The van der Waals surface area contributed by atoms with Crippen molar-refractivity contribution in [2.24, 2.45) is 5.92 Å². The molecule has 5 nitrogen and oxygen atoms in total. The van der Waals surface area contributed by atoms with Gasteiger partial charge in [-0.05, 0) is 37.0 Å². The summed E-state index contributed by atoms with van der Waals surface area (Å²) in [5.74, 6) is -0.533. The maximum Gasteiger partial charge on any atom is 0.308 e. The largest absolute Gasteiger partial charge is 0.493 e. The number of carbonyl (C=O) groups is 2. The van der Waals surface area contributed by atoms with E-state index in [0.29, 0.717) is 19.4 Å². The van der Waals surface area contributed by atoms with Crippen LogP contribution in [0.5, 0.6) is 5.75 Å². The SMILES string of the molecule is CC1(NC(=O)Cc2ccc3c(c2)CCO3)CCCCC1C(=O)O. The average Bonchev–Trinajstić information content (AvgIpc) is 2.94. The molecule has 2 unspecified atom stereocenters. The second-order valence-corrected chi connectivity index (χ2v) is 6.82. The summed E-state index contributed by atoms with van der Waals surface area (Å²) in [5, 5.41) is 12.4. The number of fused-ring (bicyclic) bond motifs is 1. The van der Waals surface area contributed by atoms with Crippen molar-refractivity contribution in [1.29, 1.82) is 0 Å². The maximum absolute atomic E-state index is 12.4. The lowest BCUT2D eigenvalue weighted by Gasteiger charge is -2.39. The van der Waals surface area contributed by atoms with E-state index in [-0.39, 0.29) is 12.3 Å². The van der Waals surface area contributed by atoms with E-state index in [1.165, 1.54) is 0 Å². The van der Waals surface area contributed by atoms with Crippen molar-refractivity contribution < 1.29 is 19.4 Å². The highest BCUT2D eigenvalue weighted by atomic mass is 16.5. The number of carbonyl (C=O) groups excluding carboxylic acids is 1. The van der Waals surface area contributed by atoms with Crippen LogP contribution in [0.15, 0.2) is 18.2 Å². The van der Waals surface area contributed by atoms with Gasteiger partial charge in [-0.25, -0.2) is 0 Å². The lowest BCUT2D eigenvalue weighted by molar-refractivity contribution is -0.146. The summed E-state index contributed by atoms with van der Waals surface area (Å²) in [4.78, 5) is 23.9. The van der Waals surface area contributed by atoms with Gasteiger partial charge in [-0.1, -0.05) is 25.0 Å². The molecule has 2 N–H and O–H groups in total. The van der Waals surface area contributed by atoms with Crippen molar-refractivity contribution in [3.05, 3.63) is 29.3 Å². The minimum absolute atomic E-state index is 0.112. The molecule has 1 aromatic carbocycles. The molecule has 1 saturated carbocycles. The van der Waals surface area contributed by atoms with Crippen LogP contribution in [0.4, 0.5) is 0 Å². The van der Waals surface area contributed by atoms with Crippen molar-refractivity contribution in [1.82, 2.24) is 5.32 Å². The summed E-state index contributed by atoms with van der Waals surface area (Å²) >= 11 is 0. The van der Waals surface area contributed by atoms with Crippen LogP contribution < -0.4 is 10.1 Å². The molecule has 124 valence electrons. The van der Waals surface area contributed by atoms with Crippen LogP contribution in [0.1, 0.15) is 43.7 Å². The normalized spacial score (nSPS) is 26.2. The minimum atomic E-state index is -0.817. The number of carboxylic acids is 1. The van der Waals surface area contributed by atoms with E-state index < -0.39 is 17.4 Å². The first-order chi connectivity index (χ1) is 11.0. The van der Waals surface area contributed by atoms with Crippen LogP contribution in [0.25, 0.3) is 0 Å². The molecular weight excluding hydrogens is 294 g/mol. The summed E-state index contributed by atoms with van der Waals surface area (Å²) in [6, 6.07) is 5.83. The second-order valence-electron chi connectivity index (χ2n) is 6.82. The van der Waals surface area contributed by atoms with E-state index in [0.717, 1.165) is 36.1 Å². The lowest BCUT2D eigenvalue weighted by Crippen LogP contribution is -2.55. The first kappa shape index (κ1) is 15.8. The van der Waals surface area contributed by atoms with Crippen LogP contribution in [-0.2, 0) is 22.4 Å². The van der Waals surface area contributed by atoms with Gasteiger partial charge in [0.05, 0.1) is 24.5 Å². The number of amides is 1. The predicted molar refractivity (Wildman–Crippen MR) is 85.5 cm³/mol. The zero-order valence-electron chi connectivity index (χ0n) is 13.4.